The third kappa shape index (κ3) is 5.64. The Morgan fingerprint density at radius 3 is 2.81 bits per heavy atom. The maximum Gasteiger partial charge on any atom is 0.331 e. The molecule has 1 aliphatic rings. The number of hydrogen-bond donors (Lipinski definition) is 2. The normalized spacial score (nSPS) is 12.9. The van der Waals surface area contributed by atoms with Crippen LogP contribution in [0.5, 0.6) is 11.5 Å². The molecule has 0 spiro atoms. The lowest BCUT2D eigenvalue weighted by Gasteiger charge is -2.10. The minimum Gasteiger partial charge on any atom is -0.489 e. The average Bonchev–Trinajstić information content (AvgIpc) is 3.03. The molecule has 0 fully saturated rings. The highest BCUT2D eigenvalue weighted by Crippen LogP contribution is 2.38. The Morgan fingerprint density at radius 2 is 1.97 bits per heavy atom. The number of nitrogens with one attached hydrogen (secondary N) is 1. The van der Waals surface area contributed by atoms with Crippen LogP contribution in [0, 0.1) is 0 Å². The second-order valence-electron chi connectivity index (χ2n) is 6.75. The molecule has 2 heterocycles. The first-order chi connectivity index (χ1) is 15.6. The molecule has 4 rings (SSSR count). The van der Waals surface area contributed by atoms with Crippen molar-refractivity contribution in [1.82, 2.24) is 15.0 Å². The van der Waals surface area contributed by atoms with E-state index < -0.39 is 5.97 Å². The first kappa shape index (κ1) is 21.4. The molecule has 1 aromatic heterocycles. The predicted molar refractivity (Wildman–Crippen MR) is 120 cm³/mol. The Hall–Kier alpha value is -3.85. The quantitative estimate of drug-likeness (QED) is 0.424. The van der Waals surface area contributed by atoms with Crippen LogP contribution in [0.2, 0.25) is 5.02 Å². The van der Waals surface area contributed by atoms with E-state index in [9.17, 15) is 4.79 Å². The van der Waals surface area contributed by atoms with Crippen molar-refractivity contribution in [3.63, 3.8) is 0 Å². The molecule has 3 aromatic rings. The molecule has 1 aliphatic heterocycles. The van der Waals surface area contributed by atoms with Crippen LogP contribution in [0.3, 0.4) is 0 Å². The van der Waals surface area contributed by atoms with Gasteiger partial charge in [0.1, 0.15) is 0 Å². The van der Waals surface area contributed by atoms with Crippen molar-refractivity contribution in [1.29, 1.82) is 0 Å². The minimum absolute atomic E-state index is 0.0156. The fourth-order valence-corrected chi connectivity index (χ4v) is 3.18. The molecule has 0 unspecified atom stereocenters. The van der Waals surface area contributed by atoms with Crippen molar-refractivity contribution in [2.75, 3.05) is 24.3 Å². The van der Waals surface area contributed by atoms with E-state index in [-0.39, 0.29) is 24.3 Å². The number of nitrogens with zero attached hydrogens (tertiary/aromatic N) is 3. The lowest BCUT2D eigenvalue weighted by Crippen LogP contribution is -2.10. The summed E-state index contributed by atoms with van der Waals surface area (Å²) in [4.78, 5) is 24.4. The fraction of sp³-hybridized carbons (Fsp3) is 0.182. The van der Waals surface area contributed by atoms with Gasteiger partial charge < -0.3 is 25.3 Å². The molecule has 2 aromatic carbocycles. The van der Waals surface area contributed by atoms with Crippen molar-refractivity contribution in [3.05, 3.63) is 65.0 Å². The Bertz CT molecular complexity index is 1140. The van der Waals surface area contributed by atoms with Crippen LogP contribution in [0.15, 0.2) is 48.5 Å². The zero-order valence-corrected chi connectivity index (χ0v) is 17.7. The van der Waals surface area contributed by atoms with E-state index in [2.05, 4.69) is 20.3 Å². The van der Waals surface area contributed by atoms with Gasteiger partial charge in [0.15, 0.2) is 23.9 Å². The van der Waals surface area contributed by atoms with Gasteiger partial charge in [-0.15, -0.1) is 0 Å². The van der Waals surface area contributed by atoms with Crippen molar-refractivity contribution in [2.45, 2.75) is 13.0 Å². The van der Waals surface area contributed by atoms with E-state index >= 15 is 0 Å². The van der Waals surface area contributed by atoms with E-state index in [1.807, 2.05) is 30.3 Å². The van der Waals surface area contributed by atoms with Gasteiger partial charge in [0.25, 0.3) is 0 Å². The molecule has 10 heteroatoms. The van der Waals surface area contributed by atoms with Crippen LogP contribution in [0.1, 0.15) is 17.8 Å². The SMILES string of the molecule is Nc1nc(COC(=O)/C=C/c2cc(Cl)c3c(c2)OCCCO3)nc(Nc2ccccc2)n1. The molecule has 0 atom stereocenters. The zero-order chi connectivity index (χ0) is 22.3. The lowest BCUT2D eigenvalue weighted by atomic mass is 10.2. The standard InChI is InChI=1S/C22H20ClN5O4/c23-16-11-14(12-17-20(16)31-10-4-9-30-17)7-8-19(29)32-13-18-26-21(24)28-22(27-18)25-15-5-2-1-3-6-15/h1-3,5-8,11-12H,4,9-10,13H2,(H3,24,25,26,27,28)/b8-7+. The number of hydrogen-bond acceptors (Lipinski definition) is 9. The molecule has 9 nitrogen and oxygen atoms in total. The van der Waals surface area contributed by atoms with Crippen molar-refractivity contribution >= 4 is 41.2 Å². The smallest absolute Gasteiger partial charge is 0.331 e. The maximum atomic E-state index is 12.2. The molecule has 0 aliphatic carbocycles. The molecule has 164 valence electrons. The second-order valence-corrected chi connectivity index (χ2v) is 7.15. The van der Waals surface area contributed by atoms with Gasteiger partial charge in [-0.05, 0) is 35.9 Å². The summed E-state index contributed by atoms with van der Waals surface area (Å²) in [5.41, 5.74) is 7.21. The zero-order valence-electron chi connectivity index (χ0n) is 17.0. The summed E-state index contributed by atoms with van der Waals surface area (Å²) < 4.78 is 16.5. The number of rotatable bonds is 6. The number of esters is 1. The molecular weight excluding hydrogens is 434 g/mol. The molecule has 3 N–H and O–H groups in total. The first-order valence-corrected chi connectivity index (χ1v) is 10.2. The summed E-state index contributed by atoms with van der Waals surface area (Å²) in [5, 5.41) is 3.44. The molecular formula is C22H20ClN5O4. The van der Waals surface area contributed by atoms with Crippen molar-refractivity contribution in [3.8, 4) is 11.5 Å². The molecule has 0 amide bonds. The summed E-state index contributed by atoms with van der Waals surface area (Å²) >= 11 is 6.27. The number of carbonyl (C=O) groups is 1. The van der Waals surface area contributed by atoms with E-state index in [0.29, 0.717) is 35.3 Å². The molecule has 0 saturated carbocycles. The number of ether oxygens (including phenoxy) is 3. The van der Waals surface area contributed by atoms with Crippen LogP contribution in [0.25, 0.3) is 6.08 Å². The number of fused-ring (bicyclic) bond motifs is 1. The summed E-state index contributed by atoms with van der Waals surface area (Å²) in [5.74, 6) is 0.966. The third-order valence-corrected chi connectivity index (χ3v) is 4.59. The first-order valence-electron chi connectivity index (χ1n) is 9.83. The predicted octanol–water partition coefficient (Wildman–Crippen LogP) is 3.77. The van der Waals surface area contributed by atoms with Gasteiger partial charge in [-0.2, -0.15) is 15.0 Å². The Labute approximate surface area is 189 Å². The number of anilines is 3. The van der Waals surface area contributed by atoms with Gasteiger partial charge in [0.2, 0.25) is 11.9 Å². The third-order valence-electron chi connectivity index (χ3n) is 4.31. The maximum absolute atomic E-state index is 12.2. The number of para-hydroxylation sites is 1. The number of halogens is 1. The highest BCUT2D eigenvalue weighted by atomic mass is 35.5. The van der Waals surface area contributed by atoms with Gasteiger partial charge in [0.05, 0.1) is 18.2 Å². The lowest BCUT2D eigenvalue weighted by molar-refractivity contribution is -0.139. The Kier molecular flexibility index (Phi) is 6.66. The number of nitrogens with two attached hydrogens (primary N) is 1. The van der Waals surface area contributed by atoms with E-state index in [1.54, 1.807) is 18.2 Å². The molecule has 0 bridgehead atoms. The number of benzene rings is 2. The highest BCUT2D eigenvalue weighted by molar-refractivity contribution is 6.32. The number of carbonyl (C=O) groups excluding carboxylic acids is 1. The summed E-state index contributed by atoms with van der Waals surface area (Å²) in [6.45, 7) is 0.911. The average molecular weight is 454 g/mol. The second kappa shape index (κ2) is 9.97. The van der Waals surface area contributed by atoms with Crippen LogP contribution in [-0.4, -0.2) is 34.1 Å². The van der Waals surface area contributed by atoms with Gasteiger partial charge in [-0.3, -0.25) is 0 Å². The largest absolute Gasteiger partial charge is 0.489 e. The van der Waals surface area contributed by atoms with E-state index in [0.717, 1.165) is 12.1 Å². The van der Waals surface area contributed by atoms with Crippen molar-refractivity contribution < 1.29 is 19.0 Å². The van der Waals surface area contributed by atoms with Gasteiger partial charge in [-0.25, -0.2) is 4.79 Å². The van der Waals surface area contributed by atoms with Gasteiger partial charge in [-0.1, -0.05) is 29.8 Å². The highest BCUT2D eigenvalue weighted by Gasteiger charge is 2.15. The van der Waals surface area contributed by atoms with Crippen LogP contribution >= 0.6 is 11.6 Å². The number of nitrogen functional groups attached to an aromatic ring is 1. The summed E-state index contributed by atoms with van der Waals surface area (Å²) in [6.07, 6.45) is 3.63. The van der Waals surface area contributed by atoms with Gasteiger partial charge >= 0.3 is 5.97 Å². The Balaban J connectivity index is 1.38. The molecule has 0 radical (unpaired) electrons. The van der Waals surface area contributed by atoms with Crippen LogP contribution < -0.4 is 20.5 Å². The van der Waals surface area contributed by atoms with E-state index in [4.69, 9.17) is 31.5 Å². The molecule has 0 saturated heterocycles. The van der Waals surface area contributed by atoms with Crippen molar-refractivity contribution in [2.24, 2.45) is 0 Å². The molecule has 32 heavy (non-hydrogen) atoms. The van der Waals surface area contributed by atoms with Gasteiger partial charge in [0, 0.05) is 18.2 Å². The summed E-state index contributed by atoms with van der Waals surface area (Å²) in [6, 6.07) is 12.8. The number of aromatic nitrogens is 3. The van der Waals surface area contributed by atoms with E-state index in [1.165, 1.54) is 6.08 Å². The van der Waals surface area contributed by atoms with Crippen LogP contribution in [-0.2, 0) is 16.1 Å². The van der Waals surface area contributed by atoms with Crippen LogP contribution in [0.4, 0.5) is 17.6 Å². The monoisotopic (exact) mass is 453 g/mol. The summed E-state index contributed by atoms with van der Waals surface area (Å²) in [7, 11) is 0. The Morgan fingerprint density at radius 1 is 1.16 bits per heavy atom. The topological polar surface area (TPSA) is 121 Å². The minimum atomic E-state index is -0.579. The fourth-order valence-electron chi connectivity index (χ4n) is 2.90.